The van der Waals surface area contributed by atoms with Crippen molar-refractivity contribution in [2.24, 2.45) is 5.92 Å². The Morgan fingerprint density at radius 1 is 1.40 bits per heavy atom. The van der Waals surface area contributed by atoms with Crippen molar-refractivity contribution >= 4 is 9.39 Å². The summed E-state index contributed by atoms with van der Waals surface area (Å²) in [7, 11) is 7.84. The van der Waals surface area contributed by atoms with Crippen LogP contribution in [0.25, 0.3) is 0 Å². The summed E-state index contributed by atoms with van der Waals surface area (Å²) in [6, 6.07) is 10.5. The third kappa shape index (κ3) is 5.13. The van der Waals surface area contributed by atoms with Gasteiger partial charge in [0.2, 0.25) is 0 Å². The van der Waals surface area contributed by atoms with Crippen molar-refractivity contribution in [3.63, 3.8) is 0 Å². The van der Waals surface area contributed by atoms with Crippen LogP contribution >= 0.6 is 9.39 Å². The Hall–Kier alpha value is -0.752. The Morgan fingerprint density at radius 3 is 2.52 bits per heavy atom. The molecule has 10 heteroatoms. The van der Waals surface area contributed by atoms with E-state index in [0.29, 0.717) is 5.92 Å². The summed E-state index contributed by atoms with van der Waals surface area (Å²) in [4.78, 5) is 5.97. The van der Waals surface area contributed by atoms with Crippen LogP contribution in [0.4, 0.5) is 0 Å². The van der Waals surface area contributed by atoms with Gasteiger partial charge in [-0.05, 0) is 36.2 Å². The average Bonchev–Trinajstić information content (AvgIpc) is 3.03. The number of hydrogen-bond donors (Lipinski definition) is 2. The van der Waals surface area contributed by atoms with Crippen molar-refractivity contribution in [1.82, 2.24) is 30.5 Å². The van der Waals surface area contributed by atoms with Gasteiger partial charge in [-0.1, -0.05) is 42.9 Å². The number of hydrogen-bond acceptors (Lipinski definition) is 7. The van der Waals surface area contributed by atoms with Crippen LogP contribution in [0.1, 0.15) is 24.7 Å². The van der Waals surface area contributed by atoms with Crippen LogP contribution in [-0.2, 0) is 31.3 Å². The van der Waals surface area contributed by atoms with Gasteiger partial charge in [-0.15, -0.1) is 10.2 Å². The van der Waals surface area contributed by atoms with Gasteiger partial charge >= 0.3 is 0 Å². The number of likely N-dealkylation sites (tertiary alicyclic amines) is 1. The van der Waals surface area contributed by atoms with Crippen molar-refractivity contribution in [1.29, 1.82) is 0 Å². The predicted molar refractivity (Wildman–Crippen MR) is 92.8 cm³/mol. The van der Waals surface area contributed by atoms with E-state index >= 15 is 0 Å². The molecule has 0 saturated carbocycles. The molecule has 0 aliphatic carbocycles. The molecule has 1 aliphatic heterocycles. The first-order valence-electron chi connectivity index (χ1n) is 7.63. The molecule has 3 atom stereocenters. The Labute approximate surface area is 164 Å². The maximum absolute atomic E-state index is 7.40. The molecule has 8 nitrogen and oxygen atoms in total. The fourth-order valence-corrected chi connectivity index (χ4v) is 3.41. The van der Waals surface area contributed by atoms with Gasteiger partial charge in [-0.3, -0.25) is 17.1 Å². The maximum Gasteiger partial charge on any atom is 0.185 e. The number of rotatable bonds is 3. The molecule has 1 saturated heterocycles. The molecule has 1 aromatic heterocycles. The van der Waals surface area contributed by atoms with Crippen molar-refractivity contribution in [2.75, 3.05) is 20.2 Å². The summed E-state index contributed by atoms with van der Waals surface area (Å²) in [6.45, 7) is 4.11. The molecule has 1 aromatic carbocycles. The van der Waals surface area contributed by atoms with Crippen LogP contribution in [0.3, 0.4) is 0 Å². The van der Waals surface area contributed by atoms with Gasteiger partial charge in [-0.2, -0.15) is 4.57 Å². The van der Waals surface area contributed by atoms with Crippen molar-refractivity contribution in [3.05, 3.63) is 48.8 Å². The number of tetrazole rings is 1. The molecule has 25 heavy (non-hydrogen) atoms. The summed E-state index contributed by atoms with van der Waals surface area (Å²) in [6.07, 6.45) is 0.956. The smallest absolute Gasteiger partial charge is 0.185 e. The van der Waals surface area contributed by atoms with E-state index in [2.05, 4.69) is 72.8 Å². The molecule has 1 aliphatic rings. The first kappa shape index (κ1) is 22.3. The molecular weight excluding hydrogens is 511 g/mol. The Morgan fingerprint density at radius 2 is 2.04 bits per heavy atom. The van der Waals surface area contributed by atoms with E-state index in [9.17, 15) is 0 Å². The van der Waals surface area contributed by atoms with Crippen LogP contribution in [0.5, 0.6) is 0 Å². The number of nitrogens with one attached hydrogen (secondary N) is 1. The van der Waals surface area contributed by atoms with Crippen LogP contribution in [0.2, 0.25) is 0 Å². The van der Waals surface area contributed by atoms with E-state index in [1.54, 1.807) is 0 Å². The third-order valence-corrected chi connectivity index (χ3v) is 4.62. The van der Waals surface area contributed by atoms with Gasteiger partial charge in [0.1, 0.15) is 0 Å². The quantitative estimate of drug-likeness (QED) is 0.348. The van der Waals surface area contributed by atoms with E-state index in [1.807, 2.05) is 6.07 Å². The second kappa shape index (κ2) is 10.4. The van der Waals surface area contributed by atoms with Gasteiger partial charge in [0, 0.05) is 30.5 Å². The number of piperidine rings is 1. The molecule has 0 radical (unpaired) electrons. The van der Waals surface area contributed by atoms with Crippen molar-refractivity contribution in [2.45, 2.75) is 18.8 Å². The first-order valence-corrected chi connectivity index (χ1v) is 8.14. The molecule has 2 heterocycles. The van der Waals surface area contributed by atoms with Gasteiger partial charge in [0.25, 0.3) is 0 Å². The van der Waals surface area contributed by atoms with Crippen LogP contribution in [0, 0.1) is 13.0 Å². The van der Waals surface area contributed by atoms with E-state index in [-0.39, 0.29) is 26.5 Å². The van der Waals surface area contributed by atoms with E-state index < -0.39 is 0 Å². The first-order chi connectivity index (χ1) is 11.5. The Bertz CT molecular complexity index is 629. The second-order valence-corrected chi connectivity index (χ2v) is 6.26. The summed E-state index contributed by atoms with van der Waals surface area (Å²) in [5, 5.41) is 20.2. The molecule has 1 fully saturated rings. The number of benzene rings is 1. The third-order valence-electron chi connectivity index (χ3n) is 4.40. The zero-order valence-electron chi connectivity index (χ0n) is 14.4. The Kier molecular flexibility index (Phi) is 9.28. The zero-order chi connectivity index (χ0) is 17.6. The zero-order valence-corrected chi connectivity index (χ0v) is 18.5. The van der Waals surface area contributed by atoms with Gasteiger partial charge < -0.3 is 4.90 Å². The molecule has 0 amide bonds. The molecule has 138 valence electrons. The van der Waals surface area contributed by atoms with Crippen LogP contribution in [-0.4, -0.2) is 50.3 Å². The van der Waals surface area contributed by atoms with E-state index in [4.69, 9.17) is 5.21 Å². The fourth-order valence-electron chi connectivity index (χ4n) is 3.24. The molecule has 3 rings (SSSR count). The standard InChI is InChI=1S/C14H19N5P.CH5NO2.W/c1-11-10-18(2)9-8-14(11,12-6-4-3-5-7-12)13-15-17-19(20)16-13;1-4-2-3;/h3-7,11H,2,8-10,20H2,1H3;2-3H,1H3;/q-1;;. The largest absolute Gasteiger partial charge is 0.459 e. The van der Waals surface area contributed by atoms with Gasteiger partial charge in [-0.25, -0.2) is 0 Å². The topological polar surface area (TPSA) is 88.3 Å². The van der Waals surface area contributed by atoms with Crippen LogP contribution in [0.15, 0.2) is 30.3 Å². The molecule has 0 spiro atoms. The molecule has 2 aromatic rings. The molecular formula is C15H24N6O2PW-. The molecule has 0 bridgehead atoms. The Balaban J connectivity index is 0.000000568. The fraction of sp³-hybridized carbons (Fsp3) is 0.467. The monoisotopic (exact) mass is 535 g/mol. The molecule has 3 unspecified atom stereocenters. The number of aromatic nitrogens is 4. The minimum Gasteiger partial charge on any atom is -0.459 e. The van der Waals surface area contributed by atoms with Gasteiger partial charge in [0.05, 0.1) is 12.5 Å². The minimum absolute atomic E-state index is 0. The van der Waals surface area contributed by atoms with Crippen LogP contribution < -0.4 is 5.64 Å². The molecule has 2 N–H and O–H groups in total. The predicted octanol–water partition coefficient (Wildman–Crippen LogP) is 1.25. The average molecular weight is 535 g/mol. The summed E-state index contributed by atoms with van der Waals surface area (Å²) in [5.74, 6) is 1.18. The van der Waals surface area contributed by atoms with E-state index in [1.165, 1.54) is 22.9 Å². The summed E-state index contributed by atoms with van der Waals surface area (Å²) < 4.78 is 1.46. The SMILES string of the molecule is CONO.[CH2-]N1CCC(c2ccccc2)(c2nnn(P)n2)C(C)C1.[W]. The summed E-state index contributed by atoms with van der Waals surface area (Å²) >= 11 is 0. The normalized spacial score (nSPS) is 23.3. The van der Waals surface area contributed by atoms with Gasteiger partial charge in [0.15, 0.2) is 5.82 Å². The van der Waals surface area contributed by atoms with E-state index in [0.717, 1.165) is 25.3 Å². The van der Waals surface area contributed by atoms with Crippen molar-refractivity contribution in [3.8, 4) is 0 Å². The van der Waals surface area contributed by atoms with Crippen molar-refractivity contribution < 1.29 is 31.1 Å². The second-order valence-electron chi connectivity index (χ2n) is 5.79. The number of nitrogens with zero attached hydrogens (tertiary/aromatic N) is 5. The summed E-state index contributed by atoms with van der Waals surface area (Å²) in [5.41, 5.74) is 2.52. The minimum atomic E-state index is -0.176. The maximum atomic E-state index is 7.40.